The fourth-order valence-corrected chi connectivity index (χ4v) is 2.76. The minimum Gasteiger partial charge on any atom is -0.460 e. The molecule has 0 radical (unpaired) electrons. The van der Waals surface area contributed by atoms with Crippen LogP contribution in [0.3, 0.4) is 0 Å². The Bertz CT molecular complexity index is 708. The third kappa shape index (κ3) is 6.49. The van der Waals surface area contributed by atoms with Crippen molar-refractivity contribution >= 4 is 46.2 Å². The molecule has 0 aliphatic rings. The molecule has 150 valence electrons. The largest absolute Gasteiger partial charge is 0.460 e. The van der Waals surface area contributed by atoms with Crippen LogP contribution in [0.15, 0.2) is 12.1 Å². The summed E-state index contributed by atoms with van der Waals surface area (Å²) in [6.07, 6.45) is 0. The van der Waals surface area contributed by atoms with Gasteiger partial charge in [0.1, 0.15) is 5.69 Å². The van der Waals surface area contributed by atoms with Crippen LogP contribution in [0, 0.1) is 20.2 Å². The fourth-order valence-electron chi connectivity index (χ4n) is 2.36. The van der Waals surface area contributed by atoms with E-state index in [1.807, 2.05) is 19.0 Å². The van der Waals surface area contributed by atoms with E-state index >= 15 is 0 Å². The van der Waals surface area contributed by atoms with E-state index < -0.39 is 27.1 Å². The van der Waals surface area contributed by atoms with Crippen molar-refractivity contribution in [2.24, 2.45) is 0 Å². The third-order valence-corrected chi connectivity index (χ3v) is 3.98. The maximum Gasteiger partial charge on any atom is 0.373 e. The smallest absolute Gasteiger partial charge is 0.373 e. The van der Waals surface area contributed by atoms with Crippen LogP contribution in [0.4, 0.5) is 17.1 Å². The van der Waals surface area contributed by atoms with Crippen molar-refractivity contribution < 1.29 is 19.9 Å². The molecule has 27 heavy (non-hydrogen) atoms. The first-order chi connectivity index (χ1) is 12.7. The van der Waals surface area contributed by atoms with Crippen molar-refractivity contribution in [1.82, 2.24) is 4.90 Å². The maximum atomic E-state index is 11.4. The average molecular weight is 423 g/mol. The lowest BCUT2D eigenvalue weighted by Crippen LogP contribution is -2.75. The van der Waals surface area contributed by atoms with Crippen LogP contribution < -0.4 is 9.89 Å². The summed E-state index contributed by atoms with van der Waals surface area (Å²) in [5.41, 5.74) is -1.07. The van der Waals surface area contributed by atoms with E-state index in [1.54, 1.807) is 4.90 Å². The molecular weight excluding hydrogens is 401 g/mol. The number of alkyl halides is 2. The number of likely N-dealkylation sites (N-methyl/N-ethyl adjacent to an activating group) is 1. The van der Waals surface area contributed by atoms with Crippen molar-refractivity contribution in [1.29, 1.82) is 0 Å². The van der Waals surface area contributed by atoms with Gasteiger partial charge in [-0.05, 0) is 20.2 Å². The quantitative estimate of drug-likeness (QED) is 0.177. The van der Waals surface area contributed by atoms with Gasteiger partial charge in [0.05, 0.1) is 22.5 Å². The van der Waals surface area contributed by atoms with Gasteiger partial charge in [-0.25, -0.2) is 4.99 Å². The van der Waals surface area contributed by atoms with Crippen LogP contribution in [-0.2, 0) is 0 Å². The lowest BCUT2D eigenvalue weighted by molar-refractivity contribution is -0.466. The van der Waals surface area contributed by atoms with E-state index in [0.29, 0.717) is 13.1 Å². The van der Waals surface area contributed by atoms with Crippen molar-refractivity contribution in [3.63, 3.8) is 0 Å². The summed E-state index contributed by atoms with van der Waals surface area (Å²) in [5.74, 6) is -0.0784. The molecule has 0 saturated carbocycles. The summed E-state index contributed by atoms with van der Waals surface area (Å²) in [5, 5.41) is 33.1. The summed E-state index contributed by atoms with van der Waals surface area (Å²) in [7, 11) is 3.67. The lowest BCUT2D eigenvalue weighted by atomic mass is 10.1. The number of rotatable bonds is 11. The van der Waals surface area contributed by atoms with Gasteiger partial charge in [-0.2, -0.15) is 0 Å². The van der Waals surface area contributed by atoms with Crippen LogP contribution >= 0.6 is 23.2 Å². The molecule has 0 unspecified atom stereocenters. The minimum atomic E-state index is -0.774. The van der Waals surface area contributed by atoms with Gasteiger partial charge in [-0.1, -0.05) is 0 Å². The molecule has 2 N–H and O–H groups in total. The first-order valence-electron chi connectivity index (χ1n) is 8.01. The first-order valence-corrected chi connectivity index (χ1v) is 9.08. The zero-order valence-electron chi connectivity index (χ0n) is 15.0. The predicted molar refractivity (Wildman–Crippen MR) is 105 cm³/mol. The van der Waals surface area contributed by atoms with Gasteiger partial charge in [-0.15, -0.1) is 23.2 Å². The molecule has 0 saturated heterocycles. The molecule has 0 aromatic heterocycles. The van der Waals surface area contributed by atoms with Crippen molar-refractivity contribution in [2.75, 3.05) is 56.9 Å². The highest BCUT2D eigenvalue weighted by atomic mass is 35.5. The molecule has 10 nitrogen and oxygen atoms in total. The molecule has 0 spiro atoms. The Kier molecular flexibility index (Phi) is 9.19. The van der Waals surface area contributed by atoms with Crippen molar-refractivity contribution in [3.8, 4) is 0 Å². The van der Waals surface area contributed by atoms with Crippen molar-refractivity contribution in [3.05, 3.63) is 37.9 Å². The monoisotopic (exact) mass is 422 g/mol. The van der Waals surface area contributed by atoms with E-state index in [4.69, 9.17) is 23.2 Å². The Hall–Kier alpha value is -2.17. The van der Waals surface area contributed by atoms with Gasteiger partial charge in [0.15, 0.2) is 12.1 Å². The number of nitrogens with zero attached hydrogens (tertiary/aromatic N) is 4. The summed E-state index contributed by atoms with van der Waals surface area (Å²) in [6.45, 7) is 1.40. The summed E-state index contributed by atoms with van der Waals surface area (Å²) in [4.78, 5) is 27.4. The number of halogens is 2. The molecule has 0 fully saturated rings. The van der Waals surface area contributed by atoms with E-state index in [1.165, 1.54) is 6.07 Å². The summed E-state index contributed by atoms with van der Waals surface area (Å²) >= 11 is 11.5. The van der Waals surface area contributed by atoms with Crippen LogP contribution in [0.1, 0.15) is 5.56 Å². The lowest BCUT2D eigenvalue weighted by Gasteiger charge is -2.22. The summed E-state index contributed by atoms with van der Waals surface area (Å²) in [6, 6.07) is 2.05. The normalized spacial score (nSPS) is 11.7. The van der Waals surface area contributed by atoms with Gasteiger partial charge in [0.2, 0.25) is 0 Å². The second kappa shape index (κ2) is 10.9. The van der Waals surface area contributed by atoms with Gasteiger partial charge in [0.25, 0.3) is 11.4 Å². The molecule has 0 amide bonds. The molecular formula is C15H22Cl2N5O5+. The fraction of sp³-hybridized carbons (Fsp3) is 0.533. The van der Waals surface area contributed by atoms with Gasteiger partial charge in [0, 0.05) is 24.8 Å². The molecule has 1 aromatic rings. The highest BCUT2D eigenvalue weighted by Crippen LogP contribution is 2.35. The number of aliphatic hydroxyl groups is 1. The van der Waals surface area contributed by atoms with Crippen LogP contribution in [0.25, 0.3) is 0 Å². The SMILES string of the molecule is CN(C)CC[NH+]=C(O)c1cc(N(CCCl)CCCl)c([N+](=O)[O-])cc1[N+](=O)[O-]. The Morgan fingerprint density at radius 2 is 1.63 bits per heavy atom. The molecule has 0 aliphatic heterocycles. The standard InChI is InChI=1S/C15H21Cl2N5O5/c1-19(2)8-5-18-15(23)11-9-13(20(6-3-16)7-4-17)14(22(26)27)10-12(11)21(24)25/h9-10H,3-8H2,1-2H3,(H,18,23)/p+1. The molecule has 0 atom stereocenters. The summed E-state index contributed by atoms with van der Waals surface area (Å²) < 4.78 is 0. The van der Waals surface area contributed by atoms with E-state index in [0.717, 1.165) is 6.07 Å². The topological polar surface area (TPSA) is 127 Å². The van der Waals surface area contributed by atoms with E-state index in [9.17, 15) is 25.3 Å². The Morgan fingerprint density at radius 3 is 2.07 bits per heavy atom. The van der Waals surface area contributed by atoms with Crippen LogP contribution in [0.5, 0.6) is 0 Å². The number of nitrogens with one attached hydrogen (secondary N) is 1. The predicted octanol–water partition coefficient (Wildman–Crippen LogP) is 0.734. The zero-order chi connectivity index (χ0) is 20.6. The van der Waals surface area contributed by atoms with E-state index in [-0.39, 0.29) is 36.1 Å². The number of anilines is 1. The molecule has 1 rings (SSSR count). The molecule has 0 bridgehead atoms. The Morgan fingerprint density at radius 1 is 1.07 bits per heavy atom. The molecule has 1 aromatic carbocycles. The second-order valence-electron chi connectivity index (χ2n) is 5.82. The Balaban J connectivity index is 3.53. The number of hydrogen-bond acceptors (Lipinski definition) is 6. The van der Waals surface area contributed by atoms with Crippen LogP contribution in [-0.4, -0.2) is 77.8 Å². The maximum absolute atomic E-state index is 11.4. The third-order valence-electron chi connectivity index (χ3n) is 3.64. The highest BCUT2D eigenvalue weighted by Gasteiger charge is 2.31. The number of aliphatic hydroxyl groups excluding tert-OH is 1. The number of hydrogen-bond donors (Lipinski definition) is 2. The first kappa shape index (κ1) is 22.9. The van der Waals surface area contributed by atoms with Gasteiger partial charge < -0.3 is 14.9 Å². The van der Waals surface area contributed by atoms with Gasteiger partial charge >= 0.3 is 5.90 Å². The number of benzene rings is 1. The van der Waals surface area contributed by atoms with Gasteiger partial charge in [-0.3, -0.25) is 20.2 Å². The van der Waals surface area contributed by atoms with Crippen LogP contribution in [0.2, 0.25) is 0 Å². The minimum absolute atomic E-state index is 0.0999. The zero-order valence-corrected chi connectivity index (χ0v) is 16.5. The highest BCUT2D eigenvalue weighted by molar-refractivity contribution is 6.18. The second-order valence-corrected chi connectivity index (χ2v) is 6.57. The average Bonchev–Trinajstić information content (AvgIpc) is 2.59. The number of nitro benzene ring substituents is 2. The Labute approximate surface area is 166 Å². The molecule has 12 heteroatoms. The van der Waals surface area contributed by atoms with E-state index in [2.05, 4.69) is 4.99 Å². The molecule has 0 aliphatic carbocycles. The van der Waals surface area contributed by atoms with Crippen molar-refractivity contribution in [2.45, 2.75) is 0 Å². The molecule has 0 heterocycles. The number of nitro groups is 2.